The molecule has 2 N–H and O–H groups in total. The molecular weight excluding hydrogens is 314 g/mol. The molecule has 0 unspecified atom stereocenters. The fourth-order valence-corrected chi connectivity index (χ4v) is 2.51. The second-order valence-electron chi connectivity index (χ2n) is 4.30. The van der Waals surface area contributed by atoms with E-state index in [0.717, 1.165) is 24.3 Å². The highest BCUT2D eigenvalue weighted by Crippen LogP contribution is 2.34. The third-order valence-electron chi connectivity index (χ3n) is 2.89. The van der Waals surface area contributed by atoms with Crippen LogP contribution in [0.3, 0.4) is 0 Å². The topological polar surface area (TPSA) is 49.8 Å². The standard InChI is InChI=1S/C14H15Cl2FN4/c1-3-9-13(18-4-2)19-7-20-14(9)21-12-10(15)5-8(17)6-11(12)16/h5-7H,3-4H2,1-2H3,(H2,18,19,20,21). The maximum Gasteiger partial charge on any atom is 0.139 e. The highest BCUT2D eigenvalue weighted by Gasteiger charge is 2.14. The second-order valence-corrected chi connectivity index (χ2v) is 5.12. The number of nitrogens with zero attached hydrogens (tertiary/aromatic N) is 2. The summed E-state index contributed by atoms with van der Waals surface area (Å²) >= 11 is 12.1. The smallest absolute Gasteiger partial charge is 0.139 e. The van der Waals surface area contributed by atoms with Gasteiger partial charge in [-0.3, -0.25) is 0 Å². The third-order valence-corrected chi connectivity index (χ3v) is 3.49. The van der Waals surface area contributed by atoms with E-state index in [1.807, 2.05) is 13.8 Å². The van der Waals surface area contributed by atoms with Crippen molar-refractivity contribution in [2.75, 3.05) is 17.2 Å². The zero-order chi connectivity index (χ0) is 15.4. The Labute approximate surface area is 132 Å². The van der Waals surface area contributed by atoms with Gasteiger partial charge in [0.2, 0.25) is 0 Å². The summed E-state index contributed by atoms with van der Waals surface area (Å²) in [7, 11) is 0. The van der Waals surface area contributed by atoms with Gasteiger partial charge in [0, 0.05) is 12.1 Å². The van der Waals surface area contributed by atoms with Gasteiger partial charge in [0.1, 0.15) is 23.8 Å². The molecule has 0 spiro atoms. The van der Waals surface area contributed by atoms with Gasteiger partial charge in [0.05, 0.1) is 15.7 Å². The van der Waals surface area contributed by atoms with E-state index < -0.39 is 5.82 Å². The molecule has 0 atom stereocenters. The number of halogens is 3. The van der Waals surface area contributed by atoms with Gasteiger partial charge in [-0.05, 0) is 25.5 Å². The highest BCUT2D eigenvalue weighted by atomic mass is 35.5. The van der Waals surface area contributed by atoms with Crippen LogP contribution in [0.1, 0.15) is 19.4 Å². The first-order chi connectivity index (χ1) is 10.1. The van der Waals surface area contributed by atoms with Crippen molar-refractivity contribution < 1.29 is 4.39 Å². The molecule has 2 aromatic rings. The van der Waals surface area contributed by atoms with Crippen molar-refractivity contribution in [3.63, 3.8) is 0 Å². The summed E-state index contributed by atoms with van der Waals surface area (Å²) in [6.07, 6.45) is 2.17. The van der Waals surface area contributed by atoms with Crippen LogP contribution in [0.15, 0.2) is 18.5 Å². The monoisotopic (exact) mass is 328 g/mol. The van der Waals surface area contributed by atoms with E-state index in [9.17, 15) is 4.39 Å². The number of nitrogens with one attached hydrogen (secondary N) is 2. The zero-order valence-electron chi connectivity index (χ0n) is 11.7. The van der Waals surface area contributed by atoms with Crippen LogP contribution < -0.4 is 10.6 Å². The fourth-order valence-electron chi connectivity index (χ4n) is 1.95. The minimum absolute atomic E-state index is 0.200. The maximum atomic E-state index is 13.2. The van der Waals surface area contributed by atoms with Crippen molar-refractivity contribution in [3.8, 4) is 0 Å². The van der Waals surface area contributed by atoms with Gasteiger partial charge in [0.25, 0.3) is 0 Å². The van der Waals surface area contributed by atoms with E-state index in [1.54, 1.807) is 0 Å². The van der Waals surface area contributed by atoms with Crippen LogP contribution in [0.2, 0.25) is 10.0 Å². The molecule has 0 aliphatic heterocycles. The summed E-state index contributed by atoms with van der Waals surface area (Å²) in [5.74, 6) is 0.869. The lowest BCUT2D eigenvalue weighted by Crippen LogP contribution is -2.07. The van der Waals surface area contributed by atoms with Crippen molar-refractivity contribution in [3.05, 3.63) is 39.9 Å². The van der Waals surface area contributed by atoms with Crippen LogP contribution in [0.5, 0.6) is 0 Å². The lowest BCUT2D eigenvalue weighted by Gasteiger charge is -2.15. The second kappa shape index (κ2) is 6.91. The Morgan fingerprint density at radius 1 is 1.10 bits per heavy atom. The van der Waals surface area contributed by atoms with Gasteiger partial charge in [0.15, 0.2) is 0 Å². The number of anilines is 3. The van der Waals surface area contributed by atoms with Crippen molar-refractivity contribution in [2.45, 2.75) is 20.3 Å². The molecule has 112 valence electrons. The summed E-state index contributed by atoms with van der Waals surface area (Å²) in [6, 6.07) is 2.40. The lowest BCUT2D eigenvalue weighted by atomic mass is 10.2. The van der Waals surface area contributed by atoms with Crippen LogP contribution in [-0.4, -0.2) is 16.5 Å². The number of hydrogen-bond donors (Lipinski definition) is 2. The molecule has 1 aromatic carbocycles. The molecule has 2 rings (SSSR count). The van der Waals surface area contributed by atoms with Crippen LogP contribution in [0, 0.1) is 5.82 Å². The van der Waals surface area contributed by atoms with Crippen molar-refractivity contribution in [1.82, 2.24) is 9.97 Å². The van der Waals surface area contributed by atoms with E-state index in [4.69, 9.17) is 23.2 Å². The zero-order valence-corrected chi connectivity index (χ0v) is 13.2. The Morgan fingerprint density at radius 2 is 1.71 bits per heavy atom. The minimum atomic E-state index is -0.484. The highest BCUT2D eigenvalue weighted by molar-refractivity contribution is 6.39. The Hall–Kier alpha value is -1.59. The van der Waals surface area contributed by atoms with E-state index in [-0.39, 0.29) is 10.0 Å². The summed E-state index contributed by atoms with van der Waals surface area (Å²) in [6.45, 7) is 4.74. The van der Waals surface area contributed by atoms with Crippen LogP contribution in [0.4, 0.5) is 21.7 Å². The van der Waals surface area contributed by atoms with Gasteiger partial charge in [-0.15, -0.1) is 0 Å². The van der Waals surface area contributed by atoms with Crippen molar-refractivity contribution in [2.24, 2.45) is 0 Å². The predicted molar refractivity (Wildman–Crippen MR) is 85.3 cm³/mol. The lowest BCUT2D eigenvalue weighted by molar-refractivity contribution is 0.628. The first kappa shape index (κ1) is 15.8. The van der Waals surface area contributed by atoms with Gasteiger partial charge in [-0.25, -0.2) is 14.4 Å². The summed E-state index contributed by atoms with van der Waals surface area (Å²) in [5, 5.41) is 6.64. The molecule has 21 heavy (non-hydrogen) atoms. The number of hydrogen-bond acceptors (Lipinski definition) is 4. The maximum absolute atomic E-state index is 13.2. The van der Waals surface area contributed by atoms with E-state index in [1.165, 1.54) is 18.5 Å². The molecule has 7 heteroatoms. The summed E-state index contributed by atoms with van der Waals surface area (Å²) in [5.41, 5.74) is 1.34. The van der Waals surface area contributed by atoms with Gasteiger partial charge in [-0.1, -0.05) is 30.1 Å². The summed E-state index contributed by atoms with van der Waals surface area (Å²) in [4.78, 5) is 8.43. The van der Waals surface area contributed by atoms with Gasteiger partial charge >= 0.3 is 0 Å². The van der Waals surface area contributed by atoms with Gasteiger partial charge < -0.3 is 10.6 Å². The molecule has 0 radical (unpaired) electrons. The Balaban J connectivity index is 2.42. The number of benzene rings is 1. The summed E-state index contributed by atoms with van der Waals surface area (Å²) < 4.78 is 13.2. The minimum Gasteiger partial charge on any atom is -0.370 e. The molecule has 0 aliphatic carbocycles. The predicted octanol–water partition coefficient (Wildman–Crippen LogP) is 4.66. The third kappa shape index (κ3) is 3.54. The first-order valence-corrected chi connectivity index (χ1v) is 7.31. The van der Waals surface area contributed by atoms with Crippen molar-refractivity contribution >= 4 is 40.5 Å². The van der Waals surface area contributed by atoms with Gasteiger partial charge in [-0.2, -0.15) is 0 Å². The molecular formula is C14H15Cl2FN4. The van der Waals surface area contributed by atoms with E-state index in [2.05, 4.69) is 20.6 Å². The quantitative estimate of drug-likeness (QED) is 0.838. The van der Waals surface area contributed by atoms with Crippen LogP contribution >= 0.6 is 23.2 Å². The average molecular weight is 329 g/mol. The van der Waals surface area contributed by atoms with Crippen LogP contribution in [-0.2, 0) is 6.42 Å². The normalized spacial score (nSPS) is 10.5. The molecule has 0 saturated heterocycles. The average Bonchev–Trinajstić information content (AvgIpc) is 2.43. The number of aromatic nitrogens is 2. The first-order valence-electron chi connectivity index (χ1n) is 6.56. The Kier molecular flexibility index (Phi) is 5.20. The molecule has 1 heterocycles. The Morgan fingerprint density at radius 3 is 2.29 bits per heavy atom. The molecule has 0 saturated carbocycles. The molecule has 0 amide bonds. The Bertz CT molecular complexity index is 626. The molecule has 0 bridgehead atoms. The number of rotatable bonds is 5. The largest absolute Gasteiger partial charge is 0.370 e. The SMILES string of the molecule is CCNc1ncnc(Nc2c(Cl)cc(F)cc2Cl)c1CC. The van der Waals surface area contributed by atoms with E-state index >= 15 is 0 Å². The fraction of sp³-hybridized carbons (Fsp3) is 0.286. The van der Waals surface area contributed by atoms with Crippen molar-refractivity contribution in [1.29, 1.82) is 0 Å². The molecule has 0 aliphatic rings. The van der Waals surface area contributed by atoms with Crippen LogP contribution in [0.25, 0.3) is 0 Å². The molecule has 0 fully saturated rings. The van der Waals surface area contributed by atoms with E-state index in [0.29, 0.717) is 11.5 Å². The molecule has 4 nitrogen and oxygen atoms in total. The molecule has 1 aromatic heterocycles.